The molecule has 6 heteroatoms. The van der Waals surface area contributed by atoms with Crippen LogP contribution in [0.25, 0.3) is 10.3 Å². The second-order valence-electron chi connectivity index (χ2n) is 4.58. The summed E-state index contributed by atoms with van der Waals surface area (Å²) in [5.74, 6) is 0.570. The molecule has 2 rings (SSSR count). The van der Waals surface area contributed by atoms with E-state index in [1.807, 2.05) is 17.3 Å². The fraction of sp³-hybridized carbons (Fsp3) is 0.500. The van der Waals surface area contributed by atoms with Crippen LogP contribution in [0, 0.1) is 0 Å². The third-order valence-electron chi connectivity index (χ3n) is 2.98. The molecule has 0 aliphatic rings. The first-order chi connectivity index (χ1) is 9.63. The van der Waals surface area contributed by atoms with Crippen LogP contribution in [0.2, 0.25) is 0 Å². The van der Waals surface area contributed by atoms with E-state index in [9.17, 15) is 4.79 Å². The topological polar surface area (TPSA) is 42.7 Å². The van der Waals surface area contributed by atoms with E-state index in [-0.39, 0.29) is 5.43 Å². The van der Waals surface area contributed by atoms with Crippen molar-refractivity contribution in [2.45, 2.75) is 19.8 Å². The molecule has 2 aromatic rings. The minimum atomic E-state index is -0.00398. The van der Waals surface area contributed by atoms with Crippen LogP contribution in [0.1, 0.15) is 19.8 Å². The summed E-state index contributed by atoms with van der Waals surface area (Å²) in [6.07, 6.45) is 2.21. The Morgan fingerprint density at radius 2 is 2.25 bits per heavy atom. The van der Waals surface area contributed by atoms with E-state index in [0.29, 0.717) is 29.3 Å². The number of hydrogen-bond acceptors (Lipinski definition) is 5. The molecule has 0 radical (unpaired) electrons. The highest BCUT2D eigenvalue weighted by Gasteiger charge is 2.12. The highest BCUT2D eigenvalue weighted by molar-refractivity contribution is 9.10. The predicted octanol–water partition coefficient (Wildman–Crippen LogP) is 3.87. The van der Waals surface area contributed by atoms with Crippen LogP contribution in [0.4, 0.5) is 5.88 Å². The van der Waals surface area contributed by atoms with Crippen LogP contribution in [0.3, 0.4) is 0 Å². The van der Waals surface area contributed by atoms with Gasteiger partial charge in [0.2, 0.25) is 5.43 Å². The van der Waals surface area contributed by atoms with E-state index in [0.717, 1.165) is 23.9 Å². The number of unbranched alkanes of at least 4 members (excludes halogenated alkanes) is 1. The van der Waals surface area contributed by atoms with Gasteiger partial charge in [0.25, 0.3) is 0 Å². The van der Waals surface area contributed by atoms with Gasteiger partial charge >= 0.3 is 0 Å². The van der Waals surface area contributed by atoms with Crippen molar-refractivity contribution in [1.29, 1.82) is 0 Å². The molecule has 0 aliphatic heterocycles. The molecular weight excluding hydrogens is 342 g/mol. The second-order valence-corrected chi connectivity index (χ2v) is 6.31. The van der Waals surface area contributed by atoms with Gasteiger partial charge in [0.05, 0.1) is 11.1 Å². The maximum atomic E-state index is 12.0. The van der Waals surface area contributed by atoms with Crippen molar-refractivity contribution in [1.82, 2.24) is 0 Å². The predicted molar refractivity (Wildman–Crippen MR) is 87.1 cm³/mol. The number of rotatable bonds is 7. The summed E-state index contributed by atoms with van der Waals surface area (Å²) in [5.41, 5.74) is 0.618. The maximum absolute atomic E-state index is 12.0. The third kappa shape index (κ3) is 3.62. The summed E-state index contributed by atoms with van der Waals surface area (Å²) < 4.78 is 12.8. The zero-order valence-corrected chi connectivity index (χ0v) is 14.1. The molecule has 20 heavy (non-hydrogen) atoms. The minimum Gasteiger partial charge on any atom is -0.438 e. The van der Waals surface area contributed by atoms with E-state index >= 15 is 0 Å². The average molecular weight is 360 g/mol. The first-order valence-corrected chi connectivity index (χ1v) is 8.30. The first kappa shape index (κ1) is 15.5. The molecule has 0 aliphatic carbocycles. The fourth-order valence-corrected chi connectivity index (χ4v) is 3.20. The molecule has 4 nitrogen and oxygen atoms in total. The van der Waals surface area contributed by atoms with Crippen molar-refractivity contribution in [3.05, 3.63) is 26.1 Å². The van der Waals surface area contributed by atoms with E-state index in [1.54, 1.807) is 0 Å². The van der Waals surface area contributed by atoms with Gasteiger partial charge in [-0.1, -0.05) is 13.3 Å². The number of nitrogens with zero attached hydrogens (tertiary/aromatic N) is 1. The van der Waals surface area contributed by atoms with E-state index < -0.39 is 0 Å². The summed E-state index contributed by atoms with van der Waals surface area (Å²) in [5, 5.41) is 1.87. The number of hydrogen-bond donors (Lipinski definition) is 0. The van der Waals surface area contributed by atoms with Crippen molar-refractivity contribution >= 4 is 43.4 Å². The van der Waals surface area contributed by atoms with Crippen LogP contribution in [0.5, 0.6) is 0 Å². The molecule has 110 valence electrons. The smallest absolute Gasteiger partial charge is 0.204 e. The lowest BCUT2D eigenvalue weighted by atomic mass is 10.4. The molecule has 0 bridgehead atoms. The summed E-state index contributed by atoms with van der Waals surface area (Å²) >= 11 is 4.79. The average Bonchev–Trinajstić information content (AvgIpc) is 2.81. The Morgan fingerprint density at radius 1 is 1.45 bits per heavy atom. The van der Waals surface area contributed by atoms with Gasteiger partial charge in [-0.2, -0.15) is 0 Å². The highest BCUT2D eigenvalue weighted by Crippen LogP contribution is 2.30. The van der Waals surface area contributed by atoms with E-state index in [4.69, 9.17) is 9.15 Å². The van der Waals surface area contributed by atoms with Crippen LogP contribution >= 0.6 is 27.3 Å². The Hall–Kier alpha value is -0.850. The first-order valence-electron chi connectivity index (χ1n) is 6.63. The normalized spacial score (nSPS) is 11.2. The zero-order valence-electron chi connectivity index (χ0n) is 11.6. The van der Waals surface area contributed by atoms with Crippen molar-refractivity contribution in [3.8, 4) is 0 Å². The van der Waals surface area contributed by atoms with Crippen molar-refractivity contribution in [3.63, 3.8) is 0 Å². The van der Waals surface area contributed by atoms with Crippen LogP contribution in [-0.4, -0.2) is 26.8 Å². The lowest BCUT2D eigenvalue weighted by Crippen LogP contribution is -2.23. The van der Waals surface area contributed by atoms with Gasteiger partial charge in [0.15, 0.2) is 11.5 Å². The molecule has 0 fully saturated rings. The van der Waals surface area contributed by atoms with Gasteiger partial charge < -0.3 is 14.1 Å². The Bertz CT molecular complexity index is 622. The zero-order chi connectivity index (χ0) is 14.5. The van der Waals surface area contributed by atoms with Gasteiger partial charge in [-0.15, -0.1) is 11.3 Å². The van der Waals surface area contributed by atoms with Gasteiger partial charge in [-0.3, -0.25) is 4.79 Å². The van der Waals surface area contributed by atoms with Crippen LogP contribution in [0.15, 0.2) is 25.1 Å². The number of anilines is 1. The Morgan fingerprint density at radius 3 is 3.00 bits per heavy atom. The molecule has 0 unspecified atom stereocenters. The van der Waals surface area contributed by atoms with E-state index in [2.05, 4.69) is 22.9 Å². The monoisotopic (exact) mass is 359 g/mol. The summed E-state index contributed by atoms with van der Waals surface area (Å²) in [6, 6.07) is 1.54. The molecule has 0 amide bonds. The van der Waals surface area contributed by atoms with Crippen molar-refractivity contribution in [2.75, 3.05) is 31.7 Å². The van der Waals surface area contributed by atoms with Gasteiger partial charge in [0, 0.05) is 31.6 Å². The van der Waals surface area contributed by atoms with Gasteiger partial charge in [0.1, 0.15) is 4.70 Å². The third-order valence-corrected chi connectivity index (χ3v) is 4.85. The number of likely N-dealkylation sites (N-methyl/N-ethyl adjacent to an activating group) is 1. The Kier molecular flexibility index (Phi) is 5.63. The lowest BCUT2D eigenvalue weighted by Gasteiger charge is -2.17. The quantitative estimate of drug-likeness (QED) is 0.703. The van der Waals surface area contributed by atoms with Crippen LogP contribution < -0.4 is 10.3 Å². The number of halogens is 1. The molecule has 0 atom stereocenters. The van der Waals surface area contributed by atoms with Crippen molar-refractivity contribution < 1.29 is 9.15 Å². The fourth-order valence-electron chi connectivity index (χ4n) is 1.75. The Labute approximate surface area is 130 Å². The number of fused-ring (bicyclic) bond motifs is 1. The molecular formula is C14H18BrNO3S. The molecule has 0 aromatic carbocycles. The standard InChI is InChI=1S/C14H18BrNO3S/c1-3-4-6-18-7-5-16(2)12-8-11(17)14-13(19-12)10(15)9-20-14/h8-9H,3-7H2,1-2H3. The van der Waals surface area contributed by atoms with Gasteiger partial charge in [-0.25, -0.2) is 0 Å². The van der Waals surface area contributed by atoms with E-state index in [1.165, 1.54) is 17.4 Å². The maximum Gasteiger partial charge on any atom is 0.204 e. The summed E-state index contributed by atoms with van der Waals surface area (Å²) in [4.78, 5) is 13.9. The Balaban J connectivity index is 2.04. The highest BCUT2D eigenvalue weighted by atomic mass is 79.9. The largest absolute Gasteiger partial charge is 0.438 e. The molecule has 0 saturated carbocycles. The lowest BCUT2D eigenvalue weighted by molar-refractivity contribution is 0.137. The molecule has 2 aromatic heterocycles. The second kappa shape index (κ2) is 7.24. The minimum absolute atomic E-state index is 0.00398. The molecule has 0 spiro atoms. The molecule has 0 N–H and O–H groups in total. The summed E-state index contributed by atoms with van der Waals surface area (Å²) in [7, 11) is 1.90. The van der Waals surface area contributed by atoms with Crippen molar-refractivity contribution in [2.24, 2.45) is 0 Å². The summed E-state index contributed by atoms with van der Waals surface area (Å²) in [6.45, 7) is 4.24. The van der Waals surface area contributed by atoms with Crippen LogP contribution in [-0.2, 0) is 4.74 Å². The number of ether oxygens (including phenoxy) is 1. The SMILES string of the molecule is CCCCOCCN(C)c1cc(=O)c2scc(Br)c2o1. The molecule has 0 saturated heterocycles. The number of thiophene rings is 1. The van der Waals surface area contributed by atoms with Gasteiger partial charge in [-0.05, 0) is 22.4 Å². The molecule has 2 heterocycles.